The normalized spacial score (nSPS) is 17.2. The molecule has 0 bridgehead atoms. The van der Waals surface area contributed by atoms with Crippen molar-refractivity contribution in [3.63, 3.8) is 0 Å². The summed E-state index contributed by atoms with van der Waals surface area (Å²) in [5.74, 6) is 0.943. The van der Waals surface area contributed by atoms with Gasteiger partial charge in [0.2, 0.25) is 5.91 Å². The van der Waals surface area contributed by atoms with Crippen LogP contribution in [-0.2, 0) is 21.5 Å². The van der Waals surface area contributed by atoms with Crippen molar-refractivity contribution >= 4 is 23.0 Å². The van der Waals surface area contributed by atoms with Gasteiger partial charge in [0.05, 0.1) is 30.2 Å². The fraction of sp³-hybridized carbons (Fsp3) is 0.292. The molecule has 0 radical (unpaired) electrons. The second kappa shape index (κ2) is 7.54. The number of carbonyl (C=O) groups is 1. The Kier molecular flexibility index (Phi) is 4.71. The maximum absolute atomic E-state index is 13.6. The van der Waals surface area contributed by atoms with E-state index in [9.17, 15) is 4.79 Å². The van der Waals surface area contributed by atoms with Gasteiger partial charge in [0.25, 0.3) is 0 Å². The molecule has 2 aliphatic rings. The zero-order valence-corrected chi connectivity index (χ0v) is 16.9. The Balaban J connectivity index is 1.48. The Bertz CT molecular complexity index is 1050. The number of rotatable bonds is 5. The maximum atomic E-state index is 13.6. The van der Waals surface area contributed by atoms with E-state index in [4.69, 9.17) is 13.9 Å². The van der Waals surface area contributed by atoms with Gasteiger partial charge in [0, 0.05) is 31.5 Å². The third kappa shape index (κ3) is 3.04. The Morgan fingerprint density at radius 1 is 1.13 bits per heavy atom. The Morgan fingerprint density at radius 2 is 2.00 bits per heavy atom. The summed E-state index contributed by atoms with van der Waals surface area (Å²) >= 11 is 0. The lowest BCUT2D eigenvalue weighted by atomic mass is 9.75. The first-order chi connectivity index (χ1) is 14.7. The zero-order chi connectivity index (χ0) is 20.6. The Labute approximate surface area is 175 Å². The number of fused-ring (bicyclic) bond motifs is 2. The molecule has 5 rings (SSSR count). The van der Waals surface area contributed by atoms with Gasteiger partial charge in [0.15, 0.2) is 0 Å². The van der Waals surface area contributed by atoms with Crippen molar-refractivity contribution < 1.29 is 18.7 Å². The number of anilines is 3. The summed E-state index contributed by atoms with van der Waals surface area (Å²) in [5, 5.41) is 3.49. The predicted octanol–water partition coefficient (Wildman–Crippen LogP) is 4.63. The molecule has 3 aromatic rings. The minimum atomic E-state index is -0.543. The molecule has 0 unspecified atom stereocenters. The fourth-order valence-corrected chi connectivity index (χ4v) is 4.49. The topological polar surface area (TPSA) is 63.9 Å². The summed E-state index contributed by atoms with van der Waals surface area (Å²) in [5.41, 5.74) is 4.33. The van der Waals surface area contributed by atoms with Crippen LogP contribution in [0.4, 0.5) is 17.1 Å². The van der Waals surface area contributed by atoms with Crippen molar-refractivity contribution in [2.45, 2.75) is 24.8 Å². The molecule has 1 amide bonds. The number of hydrogen-bond donors (Lipinski definition) is 1. The van der Waals surface area contributed by atoms with Crippen LogP contribution in [0.15, 0.2) is 65.5 Å². The highest BCUT2D eigenvalue weighted by atomic mass is 16.5. The van der Waals surface area contributed by atoms with E-state index in [0.717, 1.165) is 33.9 Å². The van der Waals surface area contributed by atoms with E-state index in [1.807, 2.05) is 36.4 Å². The lowest BCUT2D eigenvalue weighted by molar-refractivity contribution is -0.125. The second-order valence-corrected chi connectivity index (χ2v) is 7.75. The number of furan rings is 1. The van der Waals surface area contributed by atoms with Crippen molar-refractivity contribution in [2.75, 3.05) is 30.5 Å². The predicted molar refractivity (Wildman–Crippen MR) is 114 cm³/mol. The fourth-order valence-electron chi connectivity index (χ4n) is 4.49. The summed E-state index contributed by atoms with van der Waals surface area (Å²) in [6.45, 7) is 1.85. The second-order valence-electron chi connectivity index (χ2n) is 7.75. The van der Waals surface area contributed by atoms with Gasteiger partial charge < -0.3 is 19.2 Å². The van der Waals surface area contributed by atoms with Crippen LogP contribution in [0.5, 0.6) is 5.75 Å². The molecule has 1 N–H and O–H groups in total. The van der Waals surface area contributed by atoms with Crippen molar-refractivity contribution in [1.82, 2.24) is 0 Å². The lowest BCUT2D eigenvalue weighted by Crippen LogP contribution is -2.42. The number of benzene rings is 2. The van der Waals surface area contributed by atoms with Gasteiger partial charge in [-0.05, 0) is 54.3 Å². The number of amides is 1. The van der Waals surface area contributed by atoms with E-state index in [1.54, 1.807) is 24.5 Å². The van der Waals surface area contributed by atoms with Gasteiger partial charge in [-0.2, -0.15) is 0 Å². The smallest absolute Gasteiger partial charge is 0.242 e. The van der Waals surface area contributed by atoms with Crippen LogP contribution in [0.2, 0.25) is 0 Å². The van der Waals surface area contributed by atoms with Crippen LogP contribution in [0.3, 0.4) is 0 Å². The average Bonchev–Trinajstić information content (AvgIpc) is 3.39. The van der Waals surface area contributed by atoms with Crippen LogP contribution in [0, 0.1) is 0 Å². The van der Waals surface area contributed by atoms with Crippen molar-refractivity contribution in [3.8, 4) is 5.75 Å². The molecule has 1 aromatic heterocycles. The van der Waals surface area contributed by atoms with Crippen molar-refractivity contribution in [1.29, 1.82) is 0 Å². The first-order valence-corrected chi connectivity index (χ1v) is 10.2. The largest absolute Gasteiger partial charge is 0.497 e. The maximum Gasteiger partial charge on any atom is 0.242 e. The molecule has 1 spiro atoms. The summed E-state index contributed by atoms with van der Waals surface area (Å²) in [4.78, 5) is 15.4. The summed E-state index contributed by atoms with van der Waals surface area (Å²) in [6, 6.07) is 16.0. The molecule has 0 aliphatic carbocycles. The van der Waals surface area contributed by atoms with E-state index < -0.39 is 5.41 Å². The van der Waals surface area contributed by atoms with Crippen LogP contribution in [0.1, 0.15) is 24.0 Å². The molecule has 154 valence electrons. The Hall–Kier alpha value is -3.25. The van der Waals surface area contributed by atoms with Crippen LogP contribution < -0.4 is 15.0 Å². The van der Waals surface area contributed by atoms with Gasteiger partial charge in [-0.1, -0.05) is 12.1 Å². The monoisotopic (exact) mass is 404 g/mol. The van der Waals surface area contributed by atoms with E-state index in [0.29, 0.717) is 32.6 Å². The number of ether oxygens (including phenoxy) is 2. The third-order valence-electron chi connectivity index (χ3n) is 6.11. The molecule has 3 heterocycles. The lowest BCUT2D eigenvalue weighted by Gasteiger charge is -2.32. The number of nitrogens with zero attached hydrogens (tertiary/aromatic N) is 1. The first-order valence-electron chi connectivity index (χ1n) is 10.2. The van der Waals surface area contributed by atoms with Crippen molar-refractivity contribution in [2.24, 2.45) is 0 Å². The summed E-state index contributed by atoms with van der Waals surface area (Å²) in [7, 11) is 1.67. The quantitative estimate of drug-likeness (QED) is 0.672. The van der Waals surface area contributed by atoms with Gasteiger partial charge in [0.1, 0.15) is 12.0 Å². The van der Waals surface area contributed by atoms with Gasteiger partial charge in [-0.15, -0.1) is 0 Å². The highest BCUT2D eigenvalue weighted by molar-refractivity contribution is 6.13. The van der Waals surface area contributed by atoms with Crippen LogP contribution in [-0.4, -0.2) is 26.2 Å². The first kappa shape index (κ1) is 18.8. The highest BCUT2D eigenvalue weighted by Crippen LogP contribution is 2.51. The molecule has 0 atom stereocenters. The van der Waals surface area contributed by atoms with E-state index >= 15 is 0 Å². The molecular weight excluding hydrogens is 380 g/mol. The Morgan fingerprint density at radius 3 is 2.77 bits per heavy atom. The molecular formula is C24H24N2O4. The third-order valence-corrected chi connectivity index (χ3v) is 6.11. The van der Waals surface area contributed by atoms with Gasteiger partial charge >= 0.3 is 0 Å². The highest BCUT2D eigenvalue weighted by Gasteiger charge is 2.52. The number of nitrogens with one attached hydrogen (secondary N) is 1. The summed E-state index contributed by atoms with van der Waals surface area (Å²) in [6.07, 6.45) is 4.59. The minimum Gasteiger partial charge on any atom is -0.497 e. The van der Waals surface area contributed by atoms with E-state index in [2.05, 4.69) is 17.4 Å². The van der Waals surface area contributed by atoms with Crippen LogP contribution >= 0.6 is 0 Å². The SMILES string of the molecule is COc1cccc(CNc2ccc3c(c2)C2(CCOCC2)C(=O)N3c2ccoc2)c1. The molecule has 0 saturated carbocycles. The van der Waals surface area contributed by atoms with Gasteiger partial charge in [-0.3, -0.25) is 9.69 Å². The molecule has 2 aromatic carbocycles. The molecule has 6 heteroatoms. The number of hydrogen-bond acceptors (Lipinski definition) is 5. The number of methoxy groups -OCH3 is 1. The standard InChI is InChI=1S/C24H24N2O4/c1-28-20-4-2-3-17(13-20)15-25-18-5-6-22-21(14-18)24(8-11-29-12-9-24)23(27)26(22)19-7-10-30-16-19/h2-7,10,13-14,16,25H,8-9,11-12,15H2,1H3. The van der Waals surface area contributed by atoms with Gasteiger partial charge in [-0.25, -0.2) is 0 Å². The molecule has 1 saturated heterocycles. The minimum absolute atomic E-state index is 0.104. The van der Waals surface area contributed by atoms with E-state index in [-0.39, 0.29) is 5.91 Å². The van der Waals surface area contributed by atoms with E-state index in [1.165, 1.54) is 0 Å². The molecule has 30 heavy (non-hydrogen) atoms. The number of carbonyl (C=O) groups excluding carboxylic acids is 1. The molecule has 2 aliphatic heterocycles. The van der Waals surface area contributed by atoms with Crippen LogP contribution in [0.25, 0.3) is 0 Å². The van der Waals surface area contributed by atoms with Crippen molar-refractivity contribution in [3.05, 3.63) is 72.2 Å². The molecule has 1 fully saturated rings. The molecule has 6 nitrogen and oxygen atoms in total. The zero-order valence-electron chi connectivity index (χ0n) is 16.9. The summed E-state index contributed by atoms with van der Waals surface area (Å²) < 4.78 is 16.2. The average molecular weight is 404 g/mol.